The van der Waals surface area contributed by atoms with Crippen LogP contribution >= 0.6 is 23.1 Å². The van der Waals surface area contributed by atoms with E-state index in [4.69, 9.17) is 9.47 Å². The van der Waals surface area contributed by atoms with Crippen LogP contribution in [0.5, 0.6) is 5.75 Å². The molecule has 0 amide bonds. The van der Waals surface area contributed by atoms with Crippen LogP contribution in [0.15, 0.2) is 58.9 Å². The van der Waals surface area contributed by atoms with E-state index in [0.29, 0.717) is 12.5 Å². The molecule has 1 fully saturated rings. The number of ether oxygens (including phenoxy) is 2. The van der Waals surface area contributed by atoms with Crippen molar-refractivity contribution in [2.75, 3.05) is 25.6 Å². The molecular formula is C37H51N3O3S2. The zero-order valence-corrected chi connectivity index (χ0v) is 29.9. The third-order valence-corrected chi connectivity index (χ3v) is 10.7. The van der Waals surface area contributed by atoms with Crippen LogP contribution in [0.25, 0.3) is 10.9 Å². The molecule has 244 valence electrons. The minimum Gasteiger partial charge on any atom is -0.493 e. The molecule has 2 unspecified atom stereocenters. The van der Waals surface area contributed by atoms with E-state index in [1.54, 1.807) is 11.3 Å². The van der Waals surface area contributed by atoms with E-state index in [1.807, 2.05) is 44.3 Å². The molecule has 0 aliphatic heterocycles. The zero-order valence-electron chi connectivity index (χ0n) is 28.3. The van der Waals surface area contributed by atoms with E-state index >= 15 is 0 Å². The number of aliphatic hydroxyl groups is 1. The van der Waals surface area contributed by atoms with Crippen molar-refractivity contribution in [3.63, 3.8) is 0 Å². The van der Waals surface area contributed by atoms with Crippen molar-refractivity contribution in [1.82, 2.24) is 9.55 Å². The number of methoxy groups -OCH3 is 1. The largest absolute Gasteiger partial charge is 0.493 e. The Morgan fingerprint density at radius 3 is 2.44 bits per heavy atom. The molecule has 2 heterocycles. The van der Waals surface area contributed by atoms with Gasteiger partial charge in [0, 0.05) is 63.9 Å². The molecule has 2 N–H and O–H groups in total. The van der Waals surface area contributed by atoms with E-state index in [2.05, 4.69) is 92.0 Å². The average Bonchev–Trinajstić information content (AvgIpc) is 3.71. The summed E-state index contributed by atoms with van der Waals surface area (Å²) in [7, 11) is 1.82. The number of hydrogen-bond donors (Lipinski definition) is 2. The number of benzene rings is 2. The number of nitrogens with zero attached hydrogens (tertiary/aromatic N) is 2. The summed E-state index contributed by atoms with van der Waals surface area (Å²) in [6, 6.07) is 15.1. The van der Waals surface area contributed by atoms with E-state index in [-0.39, 0.29) is 16.3 Å². The smallest absolute Gasteiger partial charge is 0.182 e. The predicted molar refractivity (Wildman–Crippen MR) is 190 cm³/mol. The lowest BCUT2D eigenvalue weighted by atomic mass is 9.87. The Bertz CT molecular complexity index is 1550. The van der Waals surface area contributed by atoms with Crippen molar-refractivity contribution in [2.24, 2.45) is 11.3 Å². The van der Waals surface area contributed by atoms with Crippen LogP contribution in [-0.2, 0) is 23.3 Å². The maximum atomic E-state index is 10.5. The molecule has 0 radical (unpaired) electrons. The molecule has 2 aromatic heterocycles. The number of aromatic nitrogens is 2. The first-order chi connectivity index (χ1) is 21.2. The van der Waals surface area contributed by atoms with Crippen LogP contribution in [0.1, 0.15) is 84.5 Å². The number of thiazole rings is 1. The summed E-state index contributed by atoms with van der Waals surface area (Å²) in [5, 5.41) is 18.3. The van der Waals surface area contributed by atoms with Crippen LogP contribution in [0.2, 0.25) is 0 Å². The molecule has 45 heavy (non-hydrogen) atoms. The number of hydrogen-bond acceptors (Lipinski definition) is 7. The molecule has 5 rings (SSSR count). The Morgan fingerprint density at radius 2 is 1.80 bits per heavy atom. The number of thioether (sulfide) groups is 1. The lowest BCUT2D eigenvalue weighted by Crippen LogP contribution is -2.27. The van der Waals surface area contributed by atoms with Gasteiger partial charge in [0.25, 0.3) is 0 Å². The summed E-state index contributed by atoms with van der Waals surface area (Å²) >= 11 is 3.58. The Hall–Kier alpha value is -2.52. The maximum absolute atomic E-state index is 10.5. The van der Waals surface area contributed by atoms with Gasteiger partial charge in [0.05, 0.1) is 18.3 Å². The highest BCUT2D eigenvalue weighted by atomic mass is 32.2. The Morgan fingerprint density at radius 1 is 1.04 bits per heavy atom. The molecule has 1 aliphatic rings. The SMILES string of the molecule is COC1CCCC1COc1ccc2c(c1)c(SC(C)(C)C)c(CC(C)(C)CNc1nccs1)n2Cc1ccc(C(C)(C)O)cc1. The fraction of sp³-hybridized carbons (Fsp3) is 0.541. The van der Waals surface area contributed by atoms with Gasteiger partial charge in [-0.05, 0) is 67.9 Å². The molecular weight excluding hydrogens is 599 g/mol. The van der Waals surface area contributed by atoms with Gasteiger partial charge >= 0.3 is 0 Å². The fourth-order valence-electron chi connectivity index (χ4n) is 6.27. The summed E-state index contributed by atoms with van der Waals surface area (Å²) in [5.41, 5.74) is 3.78. The van der Waals surface area contributed by atoms with Gasteiger partial charge in [-0.25, -0.2) is 4.98 Å². The third kappa shape index (κ3) is 8.64. The monoisotopic (exact) mass is 649 g/mol. The van der Waals surface area contributed by atoms with E-state index in [1.165, 1.54) is 33.5 Å². The number of anilines is 1. The minimum absolute atomic E-state index is 0.0257. The van der Waals surface area contributed by atoms with Gasteiger partial charge in [-0.2, -0.15) is 0 Å². The molecule has 2 aromatic carbocycles. The lowest BCUT2D eigenvalue weighted by Gasteiger charge is -2.28. The van der Waals surface area contributed by atoms with E-state index < -0.39 is 5.60 Å². The molecule has 0 saturated heterocycles. The summed E-state index contributed by atoms with van der Waals surface area (Å²) in [6.45, 7) is 17.5. The second kappa shape index (κ2) is 13.7. The van der Waals surface area contributed by atoms with Gasteiger partial charge in [-0.3, -0.25) is 0 Å². The second-order valence-corrected chi connectivity index (χ2v) is 17.6. The zero-order chi connectivity index (χ0) is 32.4. The maximum Gasteiger partial charge on any atom is 0.182 e. The average molecular weight is 650 g/mol. The molecule has 1 saturated carbocycles. The quantitative estimate of drug-likeness (QED) is 0.141. The summed E-state index contributed by atoms with van der Waals surface area (Å²) in [4.78, 5) is 5.78. The van der Waals surface area contributed by atoms with E-state index in [9.17, 15) is 5.11 Å². The molecule has 0 bridgehead atoms. The summed E-state index contributed by atoms with van der Waals surface area (Å²) < 4.78 is 14.7. The van der Waals surface area contributed by atoms with Crippen LogP contribution in [0.4, 0.5) is 5.13 Å². The number of rotatable bonds is 13. The standard InChI is InChI=1S/C37H51N3O3S2/c1-35(2,3)45-33-29-20-28(43-23-26-10-9-11-32(26)42-8)16-17-30(29)40(22-25-12-14-27(15-13-25)37(6,7)41)31(33)21-36(4,5)24-39-34-38-18-19-44-34/h12-20,26,32,41H,9-11,21-24H2,1-8H3,(H,38,39). The van der Waals surface area contributed by atoms with Crippen LogP contribution in [0, 0.1) is 11.3 Å². The molecule has 6 nitrogen and oxygen atoms in total. The second-order valence-electron chi connectivity index (χ2n) is 14.8. The summed E-state index contributed by atoms with van der Waals surface area (Å²) in [6.07, 6.45) is 6.51. The van der Waals surface area contributed by atoms with Crippen LogP contribution in [0.3, 0.4) is 0 Å². The third-order valence-electron chi connectivity index (χ3n) is 8.65. The molecule has 2 atom stereocenters. The highest BCUT2D eigenvalue weighted by molar-refractivity contribution is 8.00. The van der Waals surface area contributed by atoms with Crippen molar-refractivity contribution in [3.8, 4) is 5.75 Å². The minimum atomic E-state index is -0.868. The molecule has 4 aromatic rings. The van der Waals surface area contributed by atoms with Crippen LogP contribution in [-0.4, -0.2) is 45.8 Å². The summed E-state index contributed by atoms with van der Waals surface area (Å²) in [5.74, 6) is 1.36. The van der Waals surface area contributed by atoms with E-state index in [0.717, 1.165) is 48.8 Å². The van der Waals surface area contributed by atoms with Gasteiger partial charge in [-0.15, -0.1) is 23.1 Å². The first kappa shape index (κ1) is 33.8. The molecule has 0 spiro atoms. The lowest BCUT2D eigenvalue weighted by molar-refractivity contribution is 0.0511. The van der Waals surface area contributed by atoms with Crippen molar-refractivity contribution < 1.29 is 14.6 Å². The fourth-order valence-corrected chi connectivity index (χ4v) is 7.98. The van der Waals surface area contributed by atoms with Gasteiger partial charge in [0.1, 0.15) is 5.75 Å². The number of nitrogens with one attached hydrogen (secondary N) is 1. The van der Waals surface area contributed by atoms with Gasteiger partial charge in [-0.1, -0.05) is 65.3 Å². The Balaban J connectivity index is 1.55. The normalized spacial score (nSPS) is 17.7. The topological polar surface area (TPSA) is 68.5 Å². The van der Waals surface area contributed by atoms with Gasteiger partial charge < -0.3 is 24.5 Å². The predicted octanol–water partition coefficient (Wildman–Crippen LogP) is 9.14. The highest BCUT2D eigenvalue weighted by Crippen LogP contribution is 2.44. The first-order valence-corrected chi connectivity index (χ1v) is 17.9. The van der Waals surface area contributed by atoms with Crippen molar-refractivity contribution in [1.29, 1.82) is 0 Å². The van der Waals surface area contributed by atoms with Crippen molar-refractivity contribution in [3.05, 3.63) is 70.9 Å². The first-order valence-electron chi connectivity index (χ1n) is 16.2. The van der Waals surface area contributed by atoms with Gasteiger partial charge in [0.15, 0.2) is 5.13 Å². The Labute approximate surface area is 277 Å². The number of fused-ring (bicyclic) bond motifs is 1. The molecule has 1 aliphatic carbocycles. The van der Waals surface area contributed by atoms with Crippen molar-refractivity contribution >= 4 is 39.1 Å². The Kier molecular flexibility index (Phi) is 10.3. The molecule has 8 heteroatoms. The van der Waals surface area contributed by atoms with Gasteiger partial charge in [0.2, 0.25) is 0 Å². The van der Waals surface area contributed by atoms with Crippen LogP contribution < -0.4 is 10.1 Å². The van der Waals surface area contributed by atoms with Crippen molar-refractivity contribution in [2.45, 2.75) is 102 Å². The highest BCUT2D eigenvalue weighted by Gasteiger charge is 2.30.